The Morgan fingerprint density at radius 2 is 2.00 bits per heavy atom. The molecule has 0 radical (unpaired) electrons. The molecule has 0 saturated carbocycles. The van der Waals surface area contributed by atoms with E-state index in [4.69, 9.17) is 11.6 Å². The maximum atomic E-state index is 12.7. The molecule has 1 aromatic rings. The number of alkyl halides is 4. The SMILES string of the molecule is COc1ccc(Br)c(CCl)c1C(F)(F)F. The van der Waals surface area contributed by atoms with E-state index in [1.54, 1.807) is 0 Å². The second-order valence-corrected chi connectivity index (χ2v) is 3.86. The van der Waals surface area contributed by atoms with Crippen molar-refractivity contribution in [3.8, 4) is 5.75 Å². The van der Waals surface area contributed by atoms with Crippen molar-refractivity contribution < 1.29 is 17.9 Å². The van der Waals surface area contributed by atoms with E-state index in [9.17, 15) is 13.2 Å². The summed E-state index contributed by atoms with van der Waals surface area (Å²) < 4.78 is 43.1. The van der Waals surface area contributed by atoms with Crippen LogP contribution in [0.1, 0.15) is 11.1 Å². The van der Waals surface area contributed by atoms with Crippen LogP contribution in [0.2, 0.25) is 0 Å². The standard InChI is InChI=1S/C9H7BrClF3O/c1-15-7-3-2-6(10)5(4-11)8(7)9(12,13)14/h2-3H,4H2,1H3. The van der Waals surface area contributed by atoms with Crippen molar-refractivity contribution in [3.63, 3.8) is 0 Å². The quantitative estimate of drug-likeness (QED) is 0.744. The number of halogens is 5. The Bertz CT molecular complexity index is 365. The molecule has 0 aromatic heterocycles. The van der Waals surface area contributed by atoms with Gasteiger partial charge in [-0.05, 0) is 17.7 Å². The highest BCUT2D eigenvalue weighted by Gasteiger charge is 2.37. The molecule has 0 bridgehead atoms. The third kappa shape index (κ3) is 2.58. The zero-order chi connectivity index (χ0) is 11.6. The van der Waals surface area contributed by atoms with E-state index < -0.39 is 11.7 Å². The molecule has 0 heterocycles. The van der Waals surface area contributed by atoms with E-state index in [1.165, 1.54) is 19.2 Å². The van der Waals surface area contributed by atoms with Crippen LogP contribution in [0.4, 0.5) is 13.2 Å². The van der Waals surface area contributed by atoms with Gasteiger partial charge in [-0.2, -0.15) is 13.2 Å². The smallest absolute Gasteiger partial charge is 0.420 e. The topological polar surface area (TPSA) is 9.23 Å². The first-order valence-electron chi connectivity index (χ1n) is 3.90. The van der Waals surface area contributed by atoms with Crippen LogP contribution in [-0.4, -0.2) is 7.11 Å². The number of ether oxygens (including phenoxy) is 1. The third-order valence-corrected chi connectivity index (χ3v) is 2.86. The van der Waals surface area contributed by atoms with Crippen molar-refractivity contribution in [2.45, 2.75) is 12.1 Å². The van der Waals surface area contributed by atoms with Gasteiger partial charge in [0.15, 0.2) is 0 Å². The van der Waals surface area contributed by atoms with Gasteiger partial charge in [-0.15, -0.1) is 11.6 Å². The average molecular weight is 304 g/mol. The zero-order valence-corrected chi connectivity index (χ0v) is 10.0. The summed E-state index contributed by atoms with van der Waals surface area (Å²) in [4.78, 5) is 0. The molecule has 0 saturated heterocycles. The Morgan fingerprint density at radius 3 is 2.40 bits per heavy atom. The van der Waals surface area contributed by atoms with Crippen LogP contribution in [-0.2, 0) is 12.1 Å². The van der Waals surface area contributed by atoms with Gasteiger partial charge in [-0.25, -0.2) is 0 Å². The van der Waals surface area contributed by atoms with Gasteiger partial charge in [0.2, 0.25) is 0 Å². The van der Waals surface area contributed by atoms with Crippen molar-refractivity contribution in [2.75, 3.05) is 7.11 Å². The van der Waals surface area contributed by atoms with E-state index in [0.717, 1.165) is 0 Å². The lowest BCUT2D eigenvalue weighted by molar-refractivity contribution is -0.139. The summed E-state index contributed by atoms with van der Waals surface area (Å²) in [5.74, 6) is -0.451. The predicted molar refractivity (Wildman–Crippen MR) is 55.3 cm³/mol. The molecule has 0 spiro atoms. The lowest BCUT2D eigenvalue weighted by Gasteiger charge is -2.16. The van der Waals surface area contributed by atoms with Gasteiger partial charge in [-0.3, -0.25) is 0 Å². The van der Waals surface area contributed by atoms with Crippen molar-refractivity contribution in [1.29, 1.82) is 0 Å². The van der Waals surface area contributed by atoms with Gasteiger partial charge in [0, 0.05) is 10.4 Å². The Morgan fingerprint density at radius 1 is 1.40 bits per heavy atom. The number of hydrogen-bond acceptors (Lipinski definition) is 1. The molecule has 84 valence electrons. The van der Waals surface area contributed by atoms with Gasteiger partial charge in [0.25, 0.3) is 0 Å². The highest BCUT2D eigenvalue weighted by atomic mass is 79.9. The first kappa shape index (κ1) is 12.6. The van der Waals surface area contributed by atoms with E-state index in [0.29, 0.717) is 4.47 Å². The Kier molecular flexibility index (Phi) is 3.89. The first-order chi connectivity index (χ1) is 6.91. The summed E-state index contributed by atoms with van der Waals surface area (Å²) in [6.07, 6.45) is -4.47. The van der Waals surface area contributed by atoms with Gasteiger partial charge in [-0.1, -0.05) is 15.9 Å². The van der Waals surface area contributed by atoms with Crippen LogP contribution in [0.5, 0.6) is 5.75 Å². The van der Waals surface area contributed by atoms with Crippen LogP contribution in [0, 0.1) is 0 Å². The maximum absolute atomic E-state index is 12.7. The molecule has 0 N–H and O–H groups in total. The molecule has 1 rings (SSSR count). The van der Waals surface area contributed by atoms with E-state index in [-0.39, 0.29) is 17.2 Å². The summed E-state index contributed by atoms with van der Waals surface area (Å²) in [7, 11) is 1.19. The number of benzene rings is 1. The fourth-order valence-corrected chi connectivity index (χ4v) is 2.12. The van der Waals surface area contributed by atoms with Crippen LogP contribution >= 0.6 is 27.5 Å². The minimum absolute atomic E-state index is 0.0106. The van der Waals surface area contributed by atoms with Gasteiger partial charge >= 0.3 is 6.18 Å². The maximum Gasteiger partial charge on any atom is 0.420 e. The van der Waals surface area contributed by atoms with E-state index in [1.807, 2.05) is 0 Å². The van der Waals surface area contributed by atoms with Gasteiger partial charge in [0.05, 0.1) is 7.11 Å². The molecular formula is C9H7BrClF3O. The van der Waals surface area contributed by atoms with E-state index >= 15 is 0 Å². The lowest BCUT2D eigenvalue weighted by Crippen LogP contribution is -2.11. The number of rotatable bonds is 2. The van der Waals surface area contributed by atoms with Crippen molar-refractivity contribution in [1.82, 2.24) is 0 Å². The molecule has 1 aromatic carbocycles. The number of hydrogen-bond donors (Lipinski definition) is 0. The summed E-state index contributed by atoms with van der Waals surface area (Å²) in [5.41, 5.74) is -0.835. The van der Waals surface area contributed by atoms with Gasteiger partial charge in [0.1, 0.15) is 11.3 Å². The Labute approximate surface area is 98.3 Å². The fourth-order valence-electron chi connectivity index (χ4n) is 1.21. The molecule has 1 nitrogen and oxygen atoms in total. The van der Waals surface area contributed by atoms with Crippen LogP contribution in [0.3, 0.4) is 0 Å². The van der Waals surface area contributed by atoms with Crippen molar-refractivity contribution in [3.05, 3.63) is 27.7 Å². The monoisotopic (exact) mass is 302 g/mol. The van der Waals surface area contributed by atoms with Crippen LogP contribution in [0.25, 0.3) is 0 Å². The zero-order valence-electron chi connectivity index (χ0n) is 7.66. The molecule has 0 amide bonds. The molecule has 0 aliphatic rings. The Hall–Kier alpha value is -0.420. The average Bonchev–Trinajstić information content (AvgIpc) is 2.15. The molecule has 0 fully saturated rings. The largest absolute Gasteiger partial charge is 0.496 e. The normalized spacial score (nSPS) is 11.6. The summed E-state index contributed by atoms with van der Waals surface area (Å²) in [5, 5.41) is 0. The summed E-state index contributed by atoms with van der Waals surface area (Å²) >= 11 is 8.51. The minimum atomic E-state index is -4.47. The molecule has 0 aliphatic heterocycles. The second-order valence-electron chi connectivity index (χ2n) is 2.73. The van der Waals surface area contributed by atoms with Gasteiger partial charge < -0.3 is 4.74 Å². The van der Waals surface area contributed by atoms with Crippen LogP contribution < -0.4 is 4.74 Å². The predicted octanol–water partition coefficient (Wildman–Crippen LogP) is 4.22. The van der Waals surface area contributed by atoms with E-state index in [2.05, 4.69) is 20.7 Å². The summed E-state index contributed by atoms with van der Waals surface area (Å²) in [6.45, 7) is 0. The van der Waals surface area contributed by atoms with Crippen molar-refractivity contribution in [2.24, 2.45) is 0 Å². The second kappa shape index (κ2) is 4.61. The fraction of sp³-hybridized carbons (Fsp3) is 0.333. The first-order valence-corrected chi connectivity index (χ1v) is 5.23. The third-order valence-electron chi connectivity index (χ3n) is 1.85. The molecular weight excluding hydrogens is 296 g/mol. The molecule has 0 aliphatic carbocycles. The molecule has 0 atom stereocenters. The number of methoxy groups -OCH3 is 1. The Balaban J connectivity index is 3.48. The highest BCUT2D eigenvalue weighted by molar-refractivity contribution is 9.10. The molecule has 0 unspecified atom stereocenters. The highest BCUT2D eigenvalue weighted by Crippen LogP contribution is 2.41. The summed E-state index contributed by atoms with van der Waals surface area (Å²) in [6, 6.07) is 2.73. The molecule has 6 heteroatoms. The lowest BCUT2D eigenvalue weighted by atomic mass is 10.1. The van der Waals surface area contributed by atoms with Crippen LogP contribution in [0.15, 0.2) is 16.6 Å². The van der Waals surface area contributed by atoms with Crippen molar-refractivity contribution >= 4 is 27.5 Å². The minimum Gasteiger partial charge on any atom is -0.496 e. The molecule has 15 heavy (non-hydrogen) atoms.